The summed E-state index contributed by atoms with van der Waals surface area (Å²) in [5.41, 5.74) is 0.879. The van der Waals surface area contributed by atoms with Crippen LogP contribution in [-0.4, -0.2) is 39.7 Å². The second kappa shape index (κ2) is 5.77. The van der Waals surface area contributed by atoms with Crippen LogP contribution in [0.2, 0.25) is 0 Å². The number of carbonyl (C=O) groups is 2. The number of amides is 1. The van der Waals surface area contributed by atoms with Gasteiger partial charge in [-0.1, -0.05) is 30.3 Å². The topological polar surface area (TPSA) is 66.8 Å². The molecule has 1 atom stereocenters. The van der Waals surface area contributed by atoms with Crippen LogP contribution in [0.1, 0.15) is 5.56 Å². The first-order valence-electron chi connectivity index (χ1n) is 5.50. The van der Waals surface area contributed by atoms with Crippen molar-refractivity contribution in [2.24, 2.45) is 0 Å². The molecular formula is C12H13NO4S. The van der Waals surface area contributed by atoms with Crippen LogP contribution in [0.3, 0.4) is 0 Å². The molecule has 2 rings (SSSR count). The molecule has 1 aliphatic rings. The lowest BCUT2D eigenvalue weighted by atomic mass is 10.2. The summed E-state index contributed by atoms with van der Waals surface area (Å²) in [5, 5.41) is 8.12. The number of rotatable bonds is 3. The number of carboxylic acid groups (broad SMARTS) is 1. The number of hydrogen-bond acceptors (Lipinski definition) is 4. The summed E-state index contributed by atoms with van der Waals surface area (Å²) in [6.45, 7) is 0.572. The molecule has 1 fully saturated rings. The van der Waals surface area contributed by atoms with Crippen LogP contribution in [0, 0.1) is 0 Å². The van der Waals surface area contributed by atoms with E-state index in [4.69, 9.17) is 9.84 Å². The van der Waals surface area contributed by atoms with Crippen LogP contribution < -0.4 is 0 Å². The average Bonchev–Trinajstić information content (AvgIpc) is 2.86. The summed E-state index contributed by atoms with van der Waals surface area (Å²) in [5.74, 6) is -0.383. The maximum atomic E-state index is 11.8. The van der Waals surface area contributed by atoms with E-state index in [1.807, 2.05) is 30.3 Å². The predicted molar refractivity (Wildman–Crippen MR) is 67.2 cm³/mol. The van der Waals surface area contributed by atoms with E-state index in [1.54, 1.807) is 0 Å². The minimum atomic E-state index is -1.01. The van der Waals surface area contributed by atoms with E-state index >= 15 is 0 Å². The Kier molecular flexibility index (Phi) is 4.09. The first-order chi connectivity index (χ1) is 8.68. The number of ether oxygens (including phenoxy) is 1. The predicted octanol–water partition coefficient (Wildman–Crippen LogP) is 1.78. The minimum absolute atomic E-state index is 0.160. The molecule has 1 aromatic rings. The van der Waals surface area contributed by atoms with E-state index in [0.717, 1.165) is 5.56 Å². The highest BCUT2D eigenvalue weighted by molar-refractivity contribution is 8.00. The summed E-state index contributed by atoms with van der Waals surface area (Å²) in [6.07, 6.45) is -0.573. The van der Waals surface area contributed by atoms with Crippen LogP contribution in [0.4, 0.5) is 4.79 Å². The number of thioether (sulfide) groups is 1. The number of carboxylic acids is 1. The van der Waals surface area contributed by atoms with E-state index in [-0.39, 0.29) is 6.61 Å². The molecule has 0 saturated carbocycles. The third kappa shape index (κ3) is 2.95. The number of benzene rings is 1. The molecule has 0 unspecified atom stereocenters. The molecule has 5 nitrogen and oxygen atoms in total. The molecule has 1 aliphatic heterocycles. The Morgan fingerprint density at radius 2 is 2.11 bits per heavy atom. The summed E-state index contributed by atoms with van der Waals surface area (Å²) in [6, 6.07) is 9.29. The summed E-state index contributed by atoms with van der Waals surface area (Å²) in [4.78, 5) is 23.9. The Bertz CT molecular complexity index is 437. The molecule has 18 heavy (non-hydrogen) atoms. The Morgan fingerprint density at radius 3 is 2.78 bits per heavy atom. The largest absolute Gasteiger partial charge is 0.479 e. The van der Waals surface area contributed by atoms with Gasteiger partial charge in [0.2, 0.25) is 0 Å². The second-order valence-corrected chi connectivity index (χ2v) is 4.98. The van der Waals surface area contributed by atoms with Crippen molar-refractivity contribution >= 4 is 23.8 Å². The molecule has 0 aliphatic carbocycles. The highest BCUT2D eigenvalue weighted by atomic mass is 32.2. The third-order valence-electron chi connectivity index (χ3n) is 2.54. The third-order valence-corrected chi connectivity index (χ3v) is 3.73. The molecule has 0 bridgehead atoms. The van der Waals surface area contributed by atoms with Crippen LogP contribution in [-0.2, 0) is 16.1 Å². The van der Waals surface area contributed by atoms with E-state index < -0.39 is 17.4 Å². The van der Waals surface area contributed by atoms with Crippen molar-refractivity contribution in [3.63, 3.8) is 0 Å². The summed E-state index contributed by atoms with van der Waals surface area (Å²) in [7, 11) is 0. The molecule has 0 radical (unpaired) electrons. The van der Waals surface area contributed by atoms with Gasteiger partial charge < -0.3 is 9.84 Å². The molecule has 96 valence electrons. The quantitative estimate of drug-likeness (QED) is 0.904. The molecule has 1 N–H and O–H groups in total. The summed E-state index contributed by atoms with van der Waals surface area (Å²) >= 11 is 1.23. The SMILES string of the molecule is O=C(O)[C@@H]1SCCN1C(=O)OCc1ccccc1. The number of aliphatic carboxylic acids is 1. The number of hydrogen-bond donors (Lipinski definition) is 1. The number of nitrogens with zero attached hydrogens (tertiary/aromatic N) is 1. The zero-order valence-corrected chi connectivity index (χ0v) is 10.4. The van der Waals surface area contributed by atoms with Gasteiger partial charge in [0.1, 0.15) is 6.61 Å². The Hall–Kier alpha value is -1.69. The van der Waals surface area contributed by atoms with Gasteiger partial charge in [-0.25, -0.2) is 9.59 Å². The first-order valence-corrected chi connectivity index (χ1v) is 6.55. The lowest BCUT2D eigenvalue weighted by molar-refractivity contribution is -0.139. The van der Waals surface area contributed by atoms with Gasteiger partial charge >= 0.3 is 12.1 Å². The van der Waals surface area contributed by atoms with Crippen molar-refractivity contribution < 1.29 is 19.4 Å². The van der Waals surface area contributed by atoms with Crippen molar-refractivity contribution in [3.05, 3.63) is 35.9 Å². The molecule has 0 aromatic heterocycles. The molecular weight excluding hydrogens is 254 g/mol. The zero-order chi connectivity index (χ0) is 13.0. The monoisotopic (exact) mass is 267 g/mol. The van der Waals surface area contributed by atoms with Gasteiger partial charge in [-0.3, -0.25) is 4.90 Å². The smallest absolute Gasteiger partial charge is 0.411 e. The molecule has 6 heteroatoms. The van der Waals surface area contributed by atoms with Gasteiger partial charge in [-0.05, 0) is 5.56 Å². The maximum absolute atomic E-state index is 11.8. The molecule has 0 spiro atoms. The van der Waals surface area contributed by atoms with Crippen molar-refractivity contribution in [1.29, 1.82) is 0 Å². The fourth-order valence-electron chi connectivity index (χ4n) is 1.66. The van der Waals surface area contributed by atoms with Crippen molar-refractivity contribution in [2.45, 2.75) is 12.0 Å². The van der Waals surface area contributed by atoms with Crippen molar-refractivity contribution in [1.82, 2.24) is 4.90 Å². The van der Waals surface area contributed by atoms with Crippen molar-refractivity contribution in [3.8, 4) is 0 Å². The van der Waals surface area contributed by atoms with Gasteiger partial charge in [0.25, 0.3) is 0 Å². The Labute approximate surface area is 109 Å². The lowest BCUT2D eigenvalue weighted by Crippen LogP contribution is -2.39. The van der Waals surface area contributed by atoms with Crippen molar-refractivity contribution in [2.75, 3.05) is 12.3 Å². The summed E-state index contributed by atoms with van der Waals surface area (Å²) < 4.78 is 5.10. The molecule has 1 heterocycles. The molecule has 1 amide bonds. The molecule has 1 saturated heterocycles. The van der Waals surface area contributed by atoms with E-state index in [1.165, 1.54) is 16.7 Å². The van der Waals surface area contributed by atoms with E-state index in [9.17, 15) is 9.59 Å². The first kappa shape index (κ1) is 12.8. The standard InChI is InChI=1S/C12H13NO4S/c14-11(15)10-13(6-7-18-10)12(16)17-8-9-4-2-1-3-5-9/h1-5,10H,6-8H2,(H,14,15)/t10-/m0/s1. The van der Waals surface area contributed by atoms with Gasteiger partial charge in [-0.2, -0.15) is 0 Å². The average molecular weight is 267 g/mol. The normalized spacial score (nSPS) is 18.7. The zero-order valence-electron chi connectivity index (χ0n) is 9.61. The highest BCUT2D eigenvalue weighted by Crippen LogP contribution is 2.24. The van der Waals surface area contributed by atoms with Gasteiger partial charge in [0, 0.05) is 12.3 Å². The Morgan fingerprint density at radius 1 is 1.39 bits per heavy atom. The fourth-order valence-corrected chi connectivity index (χ4v) is 2.70. The van der Waals surface area contributed by atoms with E-state index in [2.05, 4.69) is 0 Å². The minimum Gasteiger partial charge on any atom is -0.479 e. The highest BCUT2D eigenvalue weighted by Gasteiger charge is 2.35. The molecule has 1 aromatic carbocycles. The van der Waals surface area contributed by atoms with Gasteiger partial charge in [-0.15, -0.1) is 11.8 Å². The second-order valence-electron chi connectivity index (χ2n) is 3.79. The fraction of sp³-hybridized carbons (Fsp3) is 0.333. The maximum Gasteiger partial charge on any atom is 0.411 e. The van der Waals surface area contributed by atoms with Crippen LogP contribution in [0.25, 0.3) is 0 Å². The van der Waals surface area contributed by atoms with Crippen LogP contribution >= 0.6 is 11.8 Å². The van der Waals surface area contributed by atoms with Gasteiger partial charge in [0.15, 0.2) is 5.37 Å². The van der Waals surface area contributed by atoms with Crippen LogP contribution in [0.15, 0.2) is 30.3 Å². The van der Waals surface area contributed by atoms with E-state index in [0.29, 0.717) is 12.3 Å². The van der Waals surface area contributed by atoms with Crippen LogP contribution in [0.5, 0.6) is 0 Å². The lowest BCUT2D eigenvalue weighted by Gasteiger charge is -2.19. The number of carbonyl (C=O) groups excluding carboxylic acids is 1. The van der Waals surface area contributed by atoms with Gasteiger partial charge in [0.05, 0.1) is 0 Å². The Balaban J connectivity index is 1.90.